The summed E-state index contributed by atoms with van der Waals surface area (Å²) in [4.78, 5) is 21.8. The maximum atomic E-state index is 13.2. The van der Waals surface area contributed by atoms with E-state index in [-0.39, 0.29) is 23.2 Å². The van der Waals surface area contributed by atoms with Crippen molar-refractivity contribution in [1.29, 1.82) is 0 Å². The number of hydrogen-bond donors (Lipinski definition) is 1. The zero-order valence-electron chi connectivity index (χ0n) is 18.3. The molecule has 0 unspecified atom stereocenters. The Labute approximate surface area is 188 Å². The summed E-state index contributed by atoms with van der Waals surface area (Å²) in [6.07, 6.45) is 1.78. The molecule has 8 heteroatoms. The van der Waals surface area contributed by atoms with E-state index in [1.165, 1.54) is 12.1 Å². The quantitative estimate of drug-likeness (QED) is 0.415. The summed E-state index contributed by atoms with van der Waals surface area (Å²) in [5.41, 5.74) is 5.25. The van der Waals surface area contributed by atoms with E-state index in [0.29, 0.717) is 16.8 Å². The number of aromatic nitrogens is 4. The van der Waals surface area contributed by atoms with E-state index in [2.05, 4.69) is 20.4 Å². The fourth-order valence-electron chi connectivity index (χ4n) is 3.76. The van der Waals surface area contributed by atoms with Gasteiger partial charge in [-0.3, -0.25) is 9.78 Å². The number of pyridine rings is 2. The van der Waals surface area contributed by atoms with Crippen LogP contribution < -0.4 is 10.9 Å². The Morgan fingerprint density at radius 3 is 2.58 bits per heavy atom. The fourth-order valence-corrected chi connectivity index (χ4v) is 3.76. The van der Waals surface area contributed by atoms with E-state index >= 15 is 0 Å². The second kappa shape index (κ2) is 7.98. The Morgan fingerprint density at radius 2 is 1.79 bits per heavy atom. The lowest BCUT2D eigenvalue weighted by Gasteiger charge is -2.12. The topological polar surface area (TPSA) is 85.8 Å². The van der Waals surface area contributed by atoms with Gasteiger partial charge in [0.2, 0.25) is 0 Å². The molecule has 0 aliphatic heterocycles. The van der Waals surface area contributed by atoms with Crippen molar-refractivity contribution in [3.8, 4) is 22.6 Å². The molecule has 0 radical (unpaired) electrons. The number of aryl methyl sites for hydroxylation is 3. The van der Waals surface area contributed by atoms with Crippen LogP contribution >= 0.6 is 0 Å². The van der Waals surface area contributed by atoms with Gasteiger partial charge in [-0.05, 0) is 78.7 Å². The Kier molecular flexibility index (Phi) is 4.97. The van der Waals surface area contributed by atoms with Gasteiger partial charge in [0, 0.05) is 41.1 Å². The van der Waals surface area contributed by atoms with Crippen LogP contribution in [0.2, 0.25) is 0 Å². The van der Waals surface area contributed by atoms with Crippen molar-refractivity contribution >= 4 is 22.5 Å². The average molecular weight is 441 g/mol. The number of nitrogens with one attached hydrogen (secondary N) is 1. The molecule has 164 valence electrons. The predicted octanol–water partition coefficient (Wildman–Crippen LogP) is 5.15. The first-order valence-electron chi connectivity index (χ1n) is 10.3. The fraction of sp³-hybridized carbons (Fsp3) is 0.120. The maximum Gasteiger partial charge on any atom is 0.268 e. The van der Waals surface area contributed by atoms with Gasteiger partial charge in [0.15, 0.2) is 0 Å². The highest BCUT2D eigenvalue weighted by Gasteiger charge is 2.14. The summed E-state index contributed by atoms with van der Waals surface area (Å²) < 4.78 is 20.1. The maximum absolute atomic E-state index is 13.2. The summed E-state index contributed by atoms with van der Waals surface area (Å²) >= 11 is 0. The number of benzene rings is 2. The Morgan fingerprint density at radius 1 is 1.00 bits per heavy atom. The molecule has 0 aliphatic rings. The monoisotopic (exact) mass is 441 g/mol. The van der Waals surface area contributed by atoms with Crippen LogP contribution in [0.3, 0.4) is 0 Å². The molecule has 0 spiro atoms. The molecule has 3 aromatic heterocycles. The highest BCUT2D eigenvalue weighted by molar-refractivity contribution is 5.85. The van der Waals surface area contributed by atoms with Crippen molar-refractivity contribution in [2.24, 2.45) is 7.05 Å². The Bertz CT molecular complexity index is 1550. The summed E-state index contributed by atoms with van der Waals surface area (Å²) in [6, 6.07) is 15.3. The van der Waals surface area contributed by atoms with Gasteiger partial charge in [0.25, 0.3) is 17.4 Å². The normalized spacial score (nSPS) is 11.2. The highest BCUT2D eigenvalue weighted by atomic mass is 19.1. The van der Waals surface area contributed by atoms with Crippen LogP contribution in [0.25, 0.3) is 33.5 Å². The van der Waals surface area contributed by atoms with Crippen LogP contribution in [0.5, 0.6) is 0 Å². The minimum Gasteiger partial charge on any atom is -0.332 e. The van der Waals surface area contributed by atoms with Gasteiger partial charge in [-0.2, -0.15) is 4.98 Å². The second-order valence-electron chi connectivity index (χ2n) is 7.89. The van der Waals surface area contributed by atoms with E-state index in [0.717, 1.165) is 27.7 Å². The zero-order chi connectivity index (χ0) is 23.1. The SMILES string of the molecule is Cc1cc2c(cn1)cc(-c1cc(Nc3noc(-c4ccc(F)cc4)n3)ccc1C)c(=O)n2C. The Balaban J connectivity index is 1.51. The largest absolute Gasteiger partial charge is 0.332 e. The van der Waals surface area contributed by atoms with Crippen LogP contribution in [-0.4, -0.2) is 19.7 Å². The lowest BCUT2D eigenvalue weighted by atomic mass is 9.99. The number of hydrogen-bond acceptors (Lipinski definition) is 6. The standard InChI is InChI=1S/C25H20FN5O2/c1-14-4-9-19(28-25-29-23(33-30-25)16-5-7-18(26)8-6-16)12-20(14)21-11-17-13-27-15(2)10-22(17)31(3)24(21)32/h4-13H,1-3H3,(H,28,30). The molecule has 0 aliphatic carbocycles. The first-order chi connectivity index (χ1) is 15.9. The summed E-state index contributed by atoms with van der Waals surface area (Å²) in [6.45, 7) is 3.85. The molecule has 0 saturated heterocycles. The van der Waals surface area contributed by atoms with Crippen LogP contribution in [0.15, 0.2) is 70.1 Å². The molecule has 3 heterocycles. The minimum absolute atomic E-state index is 0.0912. The smallest absolute Gasteiger partial charge is 0.268 e. The molecule has 0 fully saturated rings. The summed E-state index contributed by atoms with van der Waals surface area (Å²) in [5, 5.41) is 7.95. The molecule has 7 nitrogen and oxygen atoms in total. The van der Waals surface area contributed by atoms with Crippen molar-refractivity contribution in [3.63, 3.8) is 0 Å². The van der Waals surface area contributed by atoms with E-state index < -0.39 is 0 Å². The molecule has 5 aromatic rings. The lowest BCUT2D eigenvalue weighted by Crippen LogP contribution is -2.19. The van der Waals surface area contributed by atoms with Crippen molar-refractivity contribution in [3.05, 3.63) is 88.2 Å². The highest BCUT2D eigenvalue weighted by Crippen LogP contribution is 2.28. The van der Waals surface area contributed by atoms with Gasteiger partial charge >= 0.3 is 0 Å². The van der Waals surface area contributed by atoms with Crippen molar-refractivity contribution in [2.45, 2.75) is 13.8 Å². The van der Waals surface area contributed by atoms with Crippen molar-refractivity contribution in [2.75, 3.05) is 5.32 Å². The lowest BCUT2D eigenvalue weighted by molar-refractivity contribution is 0.432. The summed E-state index contributed by atoms with van der Waals surface area (Å²) in [7, 11) is 1.77. The number of rotatable bonds is 4. The van der Waals surface area contributed by atoms with E-state index in [4.69, 9.17) is 4.52 Å². The van der Waals surface area contributed by atoms with E-state index in [1.807, 2.05) is 44.2 Å². The predicted molar refractivity (Wildman–Crippen MR) is 125 cm³/mol. The zero-order valence-corrected chi connectivity index (χ0v) is 18.3. The van der Waals surface area contributed by atoms with Crippen LogP contribution in [0.4, 0.5) is 16.0 Å². The number of halogens is 1. The van der Waals surface area contributed by atoms with Gasteiger partial charge in [0.05, 0.1) is 5.52 Å². The molecule has 0 atom stereocenters. The van der Waals surface area contributed by atoms with E-state index in [9.17, 15) is 9.18 Å². The average Bonchev–Trinajstić information content (AvgIpc) is 3.27. The molecule has 1 N–H and O–H groups in total. The minimum atomic E-state index is -0.338. The first kappa shape index (κ1) is 20.6. The third-order valence-electron chi connectivity index (χ3n) is 5.55. The molecule has 0 amide bonds. The number of fused-ring (bicyclic) bond motifs is 1. The van der Waals surface area contributed by atoms with Crippen molar-refractivity contribution < 1.29 is 8.91 Å². The van der Waals surface area contributed by atoms with Crippen molar-refractivity contribution in [1.82, 2.24) is 19.7 Å². The van der Waals surface area contributed by atoms with Gasteiger partial charge < -0.3 is 14.4 Å². The molecular weight excluding hydrogens is 421 g/mol. The molecule has 2 aromatic carbocycles. The molecular formula is C25H20FN5O2. The van der Waals surface area contributed by atoms with Gasteiger partial charge in [-0.1, -0.05) is 6.07 Å². The number of nitrogens with zero attached hydrogens (tertiary/aromatic N) is 4. The van der Waals surface area contributed by atoms with Crippen LogP contribution in [-0.2, 0) is 7.05 Å². The molecule has 5 rings (SSSR count). The first-order valence-corrected chi connectivity index (χ1v) is 10.3. The third-order valence-corrected chi connectivity index (χ3v) is 5.55. The number of anilines is 2. The van der Waals surface area contributed by atoms with Gasteiger partial charge in [0.1, 0.15) is 5.82 Å². The van der Waals surface area contributed by atoms with Gasteiger partial charge in [-0.25, -0.2) is 4.39 Å². The van der Waals surface area contributed by atoms with Crippen LogP contribution in [0.1, 0.15) is 11.3 Å². The third kappa shape index (κ3) is 3.87. The summed E-state index contributed by atoms with van der Waals surface area (Å²) in [5.74, 6) is 0.195. The molecule has 33 heavy (non-hydrogen) atoms. The van der Waals surface area contributed by atoms with E-state index in [1.54, 1.807) is 29.9 Å². The molecule has 0 bridgehead atoms. The van der Waals surface area contributed by atoms with Crippen LogP contribution in [0, 0.1) is 19.7 Å². The Hall–Kier alpha value is -4.33. The van der Waals surface area contributed by atoms with Gasteiger partial charge in [-0.15, -0.1) is 0 Å². The molecule has 0 saturated carbocycles. The second-order valence-corrected chi connectivity index (χ2v) is 7.89.